The van der Waals surface area contributed by atoms with Crippen molar-refractivity contribution in [1.82, 2.24) is 4.57 Å². The van der Waals surface area contributed by atoms with Crippen molar-refractivity contribution < 1.29 is 13.7 Å². The highest BCUT2D eigenvalue weighted by molar-refractivity contribution is 6.62. The number of fused-ring (bicyclic) bond motifs is 7. The van der Waals surface area contributed by atoms with Crippen LogP contribution in [0.2, 0.25) is 0 Å². The molecule has 0 radical (unpaired) electrons. The highest BCUT2D eigenvalue weighted by Gasteiger charge is 2.51. The molecular weight excluding hydrogens is 433 g/mol. The summed E-state index contributed by atoms with van der Waals surface area (Å²) in [5.74, 6) is 0. The minimum Gasteiger partial charge on any atom is -0.455 e. The number of para-hydroxylation sites is 2. The van der Waals surface area contributed by atoms with Gasteiger partial charge in [0.1, 0.15) is 11.2 Å². The Morgan fingerprint density at radius 2 is 1.37 bits per heavy atom. The molecule has 5 heteroatoms. The van der Waals surface area contributed by atoms with Crippen LogP contribution < -0.4 is 5.46 Å². The van der Waals surface area contributed by atoms with Crippen molar-refractivity contribution >= 4 is 56.3 Å². The molecule has 0 bridgehead atoms. The topological polar surface area (TPSA) is 36.5 Å². The highest BCUT2D eigenvalue weighted by Crippen LogP contribution is 2.40. The van der Waals surface area contributed by atoms with Gasteiger partial charge >= 0.3 is 7.12 Å². The maximum atomic E-state index is 6.42. The van der Waals surface area contributed by atoms with E-state index < -0.39 is 7.12 Å². The van der Waals surface area contributed by atoms with Crippen molar-refractivity contribution in [2.24, 2.45) is 0 Å². The van der Waals surface area contributed by atoms with E-state index in [9.17, 15) is 0 Å². The molecule has 1 saturated heterocycles. The Kier molecular flexibility index (Phi) is 4.16. The third-order valence-electron chi connectivity index (χ3n) is 7.83. The van der Waals surface area contributed by atoms with Gasteiger partial charge in [0, 0.05) is 21.8 Å². The molecule has 1 aliphatic heterocycles. The van der Waals surface area contributed by atoms with E-state index in [2.05, 4.69) is 105 Å². The third kappa shape index (κ3) is 2.89. The molecule has 2 aromatic heterocycles. The lowest BCUT2D eigenvalue weighted by molar-refractivity contribution is 0.00578. The fourth-order valence-corrected chi connectivity index (χ4v) is 5.30. The second-order valence-corrected chi connectivity index (χ2v) is 10.5. The Morgan fingerprint density at radius 1 is 0.657 bits per heavy atom. The largest absolute Gasteiger partial charge is 0.494 e. The Morgan fingerprint density at radius 3 is 2.17 bits per heavy atom. The van der Waals surface area contributed by atoms with Crippen molar-refractivity contribution in [2.75, 3.05) is 0 Å². The maximum Gasteiger partial charge on any atom is 0.494 e. The molecule has 3 heterocycles. The molecule has 7 rings (SSSR count). The van der Waals surface area contributed by atoms with Crippen molar-refractivity contribution in [3.05, 3.63) is 84.9 Å². The Balaban J connectivity index is 1.48. The Labute approximate surface area is 204 Å². The number of hydrogen-bond acceptors (Lipinski definition) is 3. The Bertz CT molecular complexity index is 1760. The zero-order valence-corrected chi connectivity index (χ0v) is 20.3. The van der Waals surface area contributed by atoms with E-state index in [1.807, 2.05) is 12.1 Å². The molecule has 1 fully saturated rings. The third-order valence-corrected chi connectivity index (χ3v) is 7.83. The van der Waals surface area contributed by atoms with Crippen LogP contribution in [-0.2, 0) is 9.31 Å². The zero-order chi connectivity index (χ0) is 23.9. The van der Waals surface area contributed by atoms with E-state index >= 15 is 0 Å². The normalized spacial score (nSPS) is 17.3. The molecule has 0 saturated carbocycles. The number of nitrogens with zero attached hydrogens (tertiary/aromatic N) is 1. The first-order chi connectivity index (χ1) is 16.8. The van der Waals surface area contributed by atoms with E-state index in [0.717, 1.165) is 49.5 Å². The number of benzene rings is 4. The molecule has 0 unspecified atom stereocenters. The van der Waals surface area contributed by atoms with Crippen LogP contribution in [0.25, 0.3) is 49.4 Å². The van der Waals surface area contributed by atoms with Gasteiger partial charge in [-0.3, -0.25) is 0 Å². The van der Waals surface area contributed by atoms with Gasteiger partial charge in [-0.25, -0.2) is 0 Å². The van der Waals surface area contributed by atoms with Gasteiger partial charge in [0.25, 0.3) is 0 Å². The average molecular weight is 459 g/mol. The first-order valence-corrected chi connectivity index (χ1v) is 12.1. The summed E-state index contributed by atoms with van der Waals surface area (Å²) < 4.78 is 21.4. The van der Waals surface area contributed by atoms with Crippen LogP contribution in [0.3, 0.4) is 0 Å². The van der Waals surface area contributed by atoms with Gasteiger partial charge < -0.3 is 18.3 Å². The monoisotopic (exact) mass is 459 g/mol. The van der Waals surface area contributed by atoms with Crippen LogP contribution in [0.15, 0.2) is 89.3 Å². The first-order valence-electron chi connectivity index (χ1n) is 12.1. The van der Waals surface area contributed by atoms with Gasteiger partial charge in [-0.15, -0.1) is 0 Å². The van der Waals surface area contributed by atoms with E-state index in [1.54, 1.807) is 0 Å². The Hall–Kier alpha value is -3.54. The lowest BCUT2D eigenvalue weighted by Gasteiger charge is -2.32. The summed E-state index contributed by atoms with van der Waals surface area (Å²) >= 11 is 0. The number of rotatable bonds is 2. The van der Waals surface area contributed by atoms with Crippen molar-refractivity contribution in [3.8, 4) is 5.69 Å². The summed E-state index contributed by atoms with van der Waals surface area (Å²) in [6.45, 7) is 8.34. The molecule has 0 N–H and O–H groups in total. The first kappa shape index (κ1) is 20.8. The lowest BCUT2D eigenvalue weighted by Crippen LogP contribution is -2.41. The van der Waals surface area contributed by atoms with Crippen LogP contribution in [0.4, 0.5) is 0 Å². The summed E-state index contributed by atoms with van der Waals surface area (Å²) in [5, 5.41) is 4.59. The molecular formula is C30H26BNO3. The highest BCUT2D eigenvalue weighted by atomic mass is 16.7. The van der Waals surface area contributed by atoms with Crippen molar-refractivity contribution in [2.45, 2.75) is 38.9 Å². The number of furan rings is 1. The molecule has 1 aliphatic rings. The molecule has 0 atom stereocenters. The molecule has 4 aromatic carbocycles. The van der Waals surface area contributed by atoms with Gasteiger partial charge in [0.15, 0.2) is 0 Å². The standard InChI is InChI=1S/C30H26BNO3/c1-29(2)30(3,4)35-31(34-29)19-10-9-11-20(18-19)32-24-14-7-5-13-23(24)27-25(32)17-16-22-21-12-6-8-15-26(21)33-28(22)27/h5-18H,1-4H3. The van der Waals surface area contributed by atoms with E-state index in [0.29, 0.717) is 0 Å². The summed E-state index contributed by atoms with van der Waals surface area (Å²) in [6.07, 6.45) is 0. The molecule has 6 aromatic rings. The molecule has 172 valence electrons. The molecule has 35 heavy (non-hydrogen) atoms. The van der Waals surface area contributed by atoms with E-state index in [1.165, 1.54) is 5.39 Å². The van der Waals surface area contributed by atoms with E-state index in [-0.39, 0.29) is 11.2 Å². The van der Waals surface area contributed by atoms with Gasteiger partial charge in [0.2, 0.25) is 0 Å². The van der Waals surface area contributed by atoms with E-state index in [4.69, 9.17) is 13.7 Å². The van der Waals surface area contributed by atoms with Gasteiger partial charge in [-0.2, -0.15) is 0 Å². The average Bonchev–Trinajstić information content (AvgIpc) is 3.45. The van der Waals surface area contributed by atoms with Crippen molar-refractivity contribution in [3.63, 3.8) is 0 Å². The second kappa shape index (κ2) is 7.00. The van der Waals surface area contributed by atoms with Gasteiger partial charge in [-0.1, -0.05) is 48.5 Å². The number of hydrogen-bond donors (Lipinski definition) is 0. The lowest BCUT2D eigenvalue weighted by atomic mass is 9.79. The second-order valence-electron chi connectivity index (χ2n) is 10.5. The summed E-state index contributed by atoms with van der Waals surface area (Å²) in [6, 6.07) is 29.6. The molecule has 0 amide bonds. The van der Waals surface area contributed by atoms with Crippen LogP contribution in [-0.4, -0.2) is 22.9 Å². The van der Waals surface area contributed by atoms with Crippen LogP contribution in [0.1, 0.15) is 27.7 Å². The summed E-state index contributed by atoms with van der Waals surface area (Å²) in [5.41, 5.74) is 5.41. The minimum absolute atomic E-state index is 0.382. The summed E-state index contributed by atoms with van der Waals surface area (Å²) in [7, 11) is -0.407. The fraction of sp³-hybridized carbons (Fsp3) is 0.200. The van der Waals surface area contributed by atoms with Crippen LogP contribution in [0, 0.1) is 0 Å². The number of aromatic nitrogens is 1. The van der Waals surface area contributed by atoms with Crippen molar-refractivity contribution in [1.29, 1.82) is 0 Å². The van der Waals surface area contributed by atoms with Gasteiger partial charge in [-0.05, 0) is 69.6 Å². The van der Waals surface area contributed by atoms with Crippen LogP contribution in [0.5, 0.6) is 0 Å². The molecule has 4 nitrogen and oxygen atoms in total. The quantitative estimate of drug-likeness (QED) is 0.262. The molecule has 0 aliphatic carbocycles. The minimum atomic E-state index is -0.407. The zero-order valence-electron chi connectivity index (χ0n) is 20.3. The smallest absolute Gasteiger partial charge is 0.455 e. The maximum absolute atomic E-state index is 6.42. The SMILES string of the molecule is CC1(C)OB(c2cccc(-n3c4ccccc4c4c5oc6ccccc6c5ccc43)c2)OC1(C)C. The predicted octanol–water partition coefficient (Wildman–Crippen LogP) is 6.98. The van der Waals surface area contributed by atoms with Gasteiger partial charge in [0.05, 0.1) is 27.6 Å². The van der Waals surface area contributed by atoms with Crippen LogP contribution >= 0.6 is 0 Å². The predicted molar refractivity (Wildman–Crippen MR) is 144 cm³/mol. The summed E-state index contributed by atoms with van der Waals surface area (Å²) in [4.78, 5) is 0. The fourth-order valence-electron chi connectivity index (χ4n) is 5.30. The molecule has 0 spiro atoms.